The molecule has 1 aromatic carbocycles. The Morgan fingerprint density at radius 1 is 1.23 bits per heavy atom. The molecule has 2 N–H and O–H groups in total. The van der Waals surface area contributed by atoms with Gasteiger partial charge in [0.25, 0.3) is 11.8 Å². The van der Waals surface area contributed by atoms with E-state index in [1.165, 1.54) is 36.5 Å². The van der Waals surface area contributed by atoms with E-state index in [9.17, 15) is 19.6 Å². The summed E-state index contributed by atoms with van der Waals surface area (Å²) in [6.07, 6.45) is 2.79. The highest BCUT2D eigenvalue weighted by atomic mass is 35.5. The van der Waals surface area contributed by atoms with Crippen LogP contribution >= 0.6 is 22.9 Å². The number of carbonyl (C=O) groups excluding carboxylic acids is 3. The average molecular weight is 460 g/mol. The summed E-state index contributed by atoms with van der Waals surface area (Å²) in [5.41, 5.74) is -0.665. The third-order valence-corrected chi connectivity index (χ3v) is 6.24. The van der Waals surface area contributed by atoms with E-state index in [0.717, 1.165) is 19.3 Å². The second-order valence-electron chi connectivity index (χ2n) is 7.41. The van der Waals surface area contributed by atoms with Gasteiger partial charge in [-0.15, -0.1) is 11.3 Å². The number of hydrogen-bond donors (Lipinski definition) is 2. The van der Waals surface area contributed by atoms with Crippen molar-refractivity contribution in [2.75, 3.05) is 5.32 Å². The van der Waals surface area contributed by atoms with Crippen molar-refractivity contribution in [3.8, 4) is 6.07 Å². The van der Waals surface area contributed by atoms with Gasteiger partial charge in [0.1, 0.15) is 5.54 Å². The van der Waals surface area contributed by atoms with Crippen molar-refractivity contribution in [3.05, 3.63) is 51.2 Å². The van der Waals surface area contributed by atoms with Crippen molar-refractivity contribution in [1.82, 2.24) is 5.32 Å². The van der Waals surface area contributed by atoms with Crippen molar-refractivity contribution < 1.29 is 19.1 Å². The lowest BCUT2D eigenvalue weighted by Gasteiger charge is -2.32. The lowest BCUT2D eigenvalue weighted by Crippen LogP contribution is -2.52. The average Bonchev–Trinajstić information content (AvgIpc) is 3.29. The van der Waals surface area contributed by atoms with Gasteiger partial charge in [-0.3, -0.25) is 9.59 Å². The minimum Gasteiger partial charge on any atom is -0.449 e. The van der Waals surface area contributed by atoms with Crippen molar-refractivity contribution in [1.29, 1.82) is 5.26 Å². The van der Waals surface area contributed by atoms with Crippen LogP contribution < -0.4 is 10.6 Å². The van der Waals surface area contributed by atoms with Gasteiger partial charge < -0.3 is 15.4 Å². The maximum absolute atomic E-state index is 12.7. The predicted molar refractivity (Wildman–Crippen MR) is 118 cm³/mol. The predicted octanol–water partition coefficient (Wildman–Crippen LogP) is 4.54. The summed E-state index contributed by atoms with van der Waals surface area (Å²) in [6.45, 7) is 1.45. The Labute approximate surface area is 189 Å². The Kier molecular flexibility index (Phi) is 7.31. The minimum absolute atomic E-state index is 0.0709. The van der Waals surface area contributed by atoms with Gasteiger partial charge in [-0.1, -0.05) is 36.9 Å². The second-order valence-corrected chi connectivity index (χ2v) is 8.80. The van der Waals surface area contributed by atoms with Gasteiger partial charge in [-0.25, -0.2) is 4.79 Å². The largest absolute Gasteiger partial charge is 0.449 e. The van der Waals surface area contributed by atoms with Crippen LogP contribution in [0.15, 0.2) is 35.7 Å². The molecule has 0 spiro atoms. The Bertz CT molecular complexity index is 1010. The highest BCUT2D eigenvalue weighted by molar-refractivity contribution is 7.12. The van der Waals surface area contributed by atoms with Crippen molar-refractivity contribution in [3.63, 3.8) is 0 Å². The summed E-state index contributed by atoms with van der Waals surface area (Å²) in [7, 11) is 0. The zero-order valence-corrected chi connectivity index (χ0v) is 18.5. The Hall–Kier alpha value is -2.89. The summed E-state index contributed by atoms with van der Waals surface area (Å²) in [6, 6.07) is 9.98. The molecule has 0 unspecified atom stereocenters. The van der Waals surface area contributed by atoms with Crippen LogP contribution in [-0.2, 0) is 9.53 Å². The molecule has 1 aromatic heterocycles. The fourth-order valence-electron chi connectivity index (χ4n) is 3.42. The number of esters is 1. The van der Waals surface area contributed by atoms with E-state index in [2.05, 4.69) is 16.7 Å². The SMILES string of the molecule is C[C@H](OC(=O)c1ccc(Cl)cc1NC(=O)c1cccs1)C(=O)NC1(C#N)CCCCC1. The Morgan fingerprint density at radius 3 is 2.61 bits per heavy atom. The van der Waals surface area contributed by atoms with Gasteiger partial charge in [-0.2, -0.15) is 5.26 Å². The minimum atomic E-state index is -1.11. The Balaban J connectivity index is 1.70. The molecule has 31 heavy (non-hydrogen) atoms. The monoisotopic (exact) mass is 459 g/mol. The van der Waals surface area contributed by atoms with E-state index in [1.807, 2.05) is 0 Å². The van der Waals surface area contributed by atoms with Crippen molar-refractivity contribution in [2.45, 2.75) is 50.7 Å². The van der Waals surface area contributed by atoms with Crippen LogP contribution in [0.3, 0.4) is 0 Å². The number of benzene rings is 1. The first-order valence-electron chi connectivity index (χ1n) is 9.92. The highest BCUT2D eigenvalue weighted by Crippen LogP contribution is 2.28. The van der Waals surface area contributed by atoms with E-state index in [4.69, 9.17) is 16.3 Å². The molecule has 1 aliphatic rings. The van der Waals surface area contributed by atoms with Gasteiger partial charge in [0.2, 0.25) is 0 Å². The van der Waals surface area contributed by atoms with Crippen LogP contribution in [0, 0.1) is 11.3 Å². The van der Waals surface area contributed by atoms with Crippen LogP contribution in [0.4, 0.5) is 5.69 Å². The van der Waals surface area contributed by atoms with Crippen LogP contribution in [0.1, 0.15) is 59.1 Å². The molecule has 2 amide bonds. The molecule has 7 nitrogen and oxygen atoms in total. The van der Waals surface area contributed by atoms with Crippen molar-refractivity contribution >= 4 is 46.4 Å². The number of ether oxygens (including phenoxy) is 1. The number of thiophene rings is 1. The van der Waals surface area contributed by atoms with Gasteiger partial charge in [0.15, 0.2) is 6.10 Å². The van der Waals surface area contributed by atoms with Crippen LogP contribution in [0.5, 0.6) is 0 Å². The molecule has 162 valence electrons. The number of amides is 2. The third kappa shape index (κ3) is 5.63. The number of hydrogen-bond acceptors (Lipinski definition) is 6. The van der Waals surface area contributed by atoms with Gasteiger partial charge in [0, 0.05) is 5.02 Å². The molecule has 1 heterocycles. The standard InChI is InChI=1S/C22H22ClN3O4S/c1-14(19(27)26-22(13-24)9-3-2-4-10-22)30-21(29)16-8-7-15(23)12-17(16)25-20(28)18-6-5-11-31-18/h5-8,11-12,14H,2-4,9-10H2,1H3,(H,25,28)(H,26,27)/t14-/m0/s1. The third-order valence-electron chi connectivity index (χ3n) is 5.13. The zero-order chi connectivity index (χ0) is 22.4. The molecule has 0 saturated heterocycles. The first-order chi connectivity index (χ1) is 14.8. The smallest absolute Gasteiger partial charge is 0.341 e. The lowest BCUT2D eigenvalue weighted by molar-refractivity contribution is -0.130. The highest BCUT2D eigenvalue weighted by Gasteiger charge is 2.35. The summed E-state index contributed by atoms with van der Waals surface area (Å²) >= 11 is 7.29. The fraction of sp³-hybridized carbons (Fsp3) is 0.364. The summed E-state index contributed by atoms with van der Waals surface area (Å²) < 4.78 is 5.33. The normalized spacial score (nSPS) is 15.9. The second kappa shape index (κ2) is 9.94. The van der Waals surface area contributed by atoms with Crippen LogP contribution in [0.25, 0.3) is 0 Å². The summed E-state index contributed by atoms with van der Waals surface area (Å²) in [4.78, 5) is 38.2. The van der Waals surface area contributed by atoms with E-state index >= 15 is 0 Å². The van der Waals surface area contributed by atoms with Gasteiger partial charge >= 0.3 is 5.97 Å². The maximum Gasteiger partial charge on any atom is 0.341 e. The van der Waals surface area contributed by atoms with Crippen LogP contribution in [0.2, 0.25) is 5.02 Å². The molecule has 1 aliphatic carbocycles. The van der Waals surface area contributed by atoms with E-state index in [0.29, 0.717) is 22.7 Å². The van der Waals surface area contributed by atoms with E-state index in [1.54, 1.807) is 17.5 Å². The Morgan fingerprint density at radius 2 is 1.97 bits per heavy atom. The number of rotatable bonds is 6. The fourth-order valence-corrected chi connectivity index (χ4v) is 4.22. The number of anilines is 1. The summed E-state index contributed by atoms with van der Waals surface area (Å²) in [5.74, 6) is -1.70. The maximum atomic E-state index is 12.7. The molecule has 0 bridgehead atoms. The molecule has 9 heteroatoms. The molecule has 0 aliphatic heterocycles. The topological polar surface area (TPSA) is 108 Å². The number of nitrogens with zero attached hydrogens (tertiary/aromatic N) is 1. The van der Waals surface area contributed by atoms with Gasteiger partial charge in [-0.05, 0) is 49.4 Å². The number of halogens is 1. The summed E-state index contributed by atoms with van der Waals surface area (Å²) in [5, 5.41) is 17.0. The molecular formula is C22H22ClN3O4S. The molecule has 1 atom stereocenters. The molecule has 1 saturated carbocycles. The van der Waals surface area contributed by atoms with Crippen molar-refractivity contribution in [2.24, 2.45) is 0 Å². The molecule has 1 fully saturated rings. The van der Waals surface area contributed by atoms with Crippen LogP contribution in [-0.4, -0.2) is 29.4 Å². The number of carbonyl (C=O) groups is 3. The molecular weight excluding hydrogens is 438 g/mol. The molecule has 2 aromatic rings. The molecule has 0 radical (unpaired) electrons. The van der Waals surface area contributed by atoms with E-state index < -0.39 is 23.5 Å². The first kappa shape index (κ1) is 22.8. The quantitative estimate of drug-likeness (QED) is 0.616. The number of nitriles is 1. The van der Waals surface area contributed by atoms with E-state index in [-0.39, 0.29) is 17.2 Å². The zero-order valence-electron chi connectivity index (χ0n) is 16.9. The molecule has 3 rings (SSSR count). The lowest BCUT2D eigenvalue weighted by atomic mass is 9.83. The first-order valence-corrected chi connectivity index (χ1v) is 11.2. The number of nitrogens with one attached hydrogen (secondary N) is 2. The van der Waals surface area contributed by atoms with Gasteiger partial charge in [0.05, 0.1) is 22.2 Å².